The number of nitrogens with one attached hydrogen (secondary N) is 1. The highest BCUT2D eigenvalue weighted by atomic mass is 35.5. The second kappa shape index (κ2) is 6.72. The van der Waals surface area contributed by atoms with E-state index in [2.05, 4.69) is 17.2 Å². The van der Waals surface area contributed by atoms with Crippen molar-refractivity contribution < 1.29 is 4.79 Å². The van der Waals surface area contributed by atoms with Crippen LogP contribution in [-0.2, 0) is 6.42 Å². The summed E-state index contributed by atoms with van der Waals surface area (Å²) in [4.78, 5) is 16.6. The van der Waals surface area contributed by atoms with Crippen LogP contribution >= 0.6 is 11.6 Å². The van der Waals surface area contributed by atoms with Crippen molar-refractivity contribution in [3.63, 3.8) is 0 Å². The zero-order valence-electron chi connectivity index (χ0n) is 12.5. The number of carbonyl (C=O) groups excluding carboxylic acids is 1. The van der Waals surface area contributed by atoms with Gasteiger partial charge in [0.25, 0.3) is 5.91 Å². The lowest BCUT2D eigenvalue weighted by Gasteiger charge is -2.11. The summed E-state index contributed by atoms with van der Waals surface area (Å²) in [6.07, 6.45) is 1.77. The van der Waals surface area contributed by atoms with Crippen molar-refractivity contribution in [2.45, 2.75) is 33.6 Å². The van der Waals surface area contributed by atoms with Gasteiger partial charge in [-0.05, 0) is 49.6 Å². The molecule has 0 spiro atoms. The summed E-state index contributed by atoms with van der Waals surface area (Å²) >= 11 is 6.00. The van der Waals surface area contributed by atoms with E-state index in [1.807, 2.05) is 32.0 Å². The van der Waals surface area contributed by atoms with Crippen LogP contribution < -0.4 is 5.32 Å². The molecule has 0 saturated heterocycles. The van der Waals surface area contributed by atoms with Gasteiger partial charge in [0, 0.05) is 16.9 Å². The Bertz CT molecular complexity index is 668. The van der Waals surface area contributed by atoms with E-state index in [0.29, 0.717) is 10.7 Å². The second-order valence-corrected chi connectivity index (χ2v) is 5.51. The van der Waals surface area contributed by atoms with Crippen molar-refractivity contribution in [3.05, 3.63) is 57.9 Å². The molecule has 0 saturated carbocycles. The van der Waals surface area contributed by atoms with Gasteiger partial charge in [-0.3, -0.25) is 4.79 Å². The number of halogens is 1. The van der Waals surface area contributed by atoms with Crippen LogP contribution in [0.1, 0.15) is 40.5 Å². The van der Waals surface area contributed by atoms with E-state index >= 15 is 0 Å². The number of hydrogen-bond acceptors (Lipinski definition) is 2. The number of hydrogen-bond donors (Lipinski definition) is 1. The van der Waals surface area contributed by atoms with Crippen LogP contribution in [0.2, 0.25) is 5.15 Å². The second-order valence-electron chi connectivity index (χ2n) is 5.12. The highest BCUT2D eigenvalue weighted by Crippen LogP contribution is 2.20. The molecule has 0 radical (unpaired) electrons. The summed E-state index contributed by atoms with van der Waals surface area (Å²) in [5.74, 6) is -0.162. The summed E-state index contributed by atoms with van der Waals surface area (Å²) < 4.78 is 0. The molecule has 2 aromatic rings. The predicted octanol–water partition coefficient (Wildman–Crippen LogP) is 4.56. The minimum absolute atomic E-state index is 0.162. The first-order chi connectivity index (χ1) is 10.0. The Kier molecular flexibility index (Phi) is 4.97. The number of aryl methyl sites for hydroxylation is 2. The number of anilines is 1. The SMILES string of the molecule is CCCc1cc(C(=O)Nc2cccc(C)c2C)cc(Cl)n1. The van der Waals surface area contributed by atoms with Gasteiger partial charge in [-0.2, -0.15) is 0 Å². The largest absolute Gasteiger partial charge is 0.322 e. The third kappa shape index (κ3) is 3.82. The van der Waals surface area contributed by atoms with Gasteiger partial charge in [0.05, 0.1) is 0 Å². The smallest absolute Gasteiger partial charge is 0.255 e. The molecule has 0 atom stereocenters. The first-order valence-corrected chi connectivity index (χ1v) is 7.43. The summed E-state index contributed by atoms with van der Waals surface area (Å²) in [6.45, 7) is 6.08. The molecule has 1 N–H and O–H groups in total. The van der Waals surface area contributed by atoms with Gasteiger partial charge in [-0.1, -0.05) is 37.1 Å². The summed E-state index contributed by atoms with van der Waals surface area (Å²) in [5, 5.41) is 3.29. The molecule has 4 heteroatoms. The fourth-order valence-corrected chi connectivity index (χ4v) is 2.37. The van der Waals surface area contributed by atoms with Crippen LogP contribution in [0.5, 0.6) is 0 Å². The van der Waals surface area contributed by atoms with Crippen molar-refractivity contribution in [2.75, 3.05) is 5.32 Å². The molecule has 2 rings (SSSR count). The van der Waals surface area contributed by atoms with Gasteiger partial charge < -0.3 is 5.32 Å². The number of benzene rings is 1. The Morgan fingerprint density at radius 3 is 2.76 bits per heavy atom. The summed E-state index contributed by atoms with van der Waals surface area (Å²) in [7, 11) is 0. The van der Waals surface area contributed by atoms with Gasteiger partial charge >= 0.3 is 0 Å². The van der Waals surface area contributed by atoms with E-state index in [9.17, 15) is 4.79 Å². The van der Waals surface area contributed by atoms with E-state index in [1.54, 1.807) is 12.1 Å². The average Bonchev–Trinajstić information content (AvgIpc) is 2.43. The van der Waals surface area contributed by atoms with Crippen LogP contribution in [0.3, 0.4) is 0 Å². The normalized spacial score (nSPS) is 10.5. The minimum Gasteiger partial charge on any atom is -0.322 e. The molecule has 0 aliphatic carbocycles. The molecular weight excluding hydrogens is 284 g/mol. The highest BCUT2D eigenvalue weighted by Gasteiger charge is 2.11. The quantitative estimate of drug-likeness (QED) is 0.841. The van der Waals surface area contributed by atoms with Gasteiger partial charge in [-0.25, -0.2) is 4.98 Å². The predicted molar refractivity (Wildman–Crippen MR) is 87.1 cm³/mol. The fourth-order valence-electron chi connectivity index (χ4n) is 2.15. The number of rotatable bonds is 4. The third-order valence-electron chi connectivity index (χ3n) is 3.47. The van der Waals surface area contributed by atoms with Crippen LogP contribution in [0, 0.1) is 13.8 Å². The maximum atomic E-state index is 12.4. The Morgan fingerprint density at radius 1 is 1.29 bits per heavy atom. The van der Waals surface area contributed by atoms with Crippen molar-refractivity contribution in [2.24, 2.45) is 0 Å². The fraction of sp³-hybridized carbons (Fsp3) is 0.294. The lowest BCUT2D eigenvalue weighted by molar-refractivity contribution is 0.102. The molecule has 0 aliphatic heterocycles. The van der Waals surface area contributed by atoms with Crippen LogP contribution in [-0.4, -0.2) is 10.9 Å². The van der Waals surface area contributed by atoms with Gasteiger partial charge in [0.2, 0.25) is 0 Å². The number of aromatic nitrogens is 1. The van der Waals surface area contributed by atoms with E-state index < -0.39 is 0 Å². The van der Waals surface area contributed by atoms with Gasteiger partial charge in [-0.15, -0.1) is 0 Å². The first kappa shape index (κ1) is 15.5. The molecule has 110 valence electrons. The van der Waals surface area contributed by atoms with Crippen molar-refractivity contribution in [1.29, 1.82) is 0 Å². The molecule has 0 bridgehead atoms. The lowest BCUT2D eigenvalue weighted by atomic mass is 10.1. The summed E-state index contributed by atoms with van der Waals surface area (Å²) in [6, 6.07) is 9.25. The van der Waals surface area contributed by atoms with Crippen molar-refractivity contribution in [3.8, 4) is 0 Å². The summed E-state index contributed by atoms with van der Waals surface area (Å²) in [5.41, 5.74) is 4.42. The van der Waals surface area contributed by atoms with Crippen LogP contribution in [0.15, 0.2) is 30.3 Å². The number of nitrogens with zero attached hydrogens (tertiary/aromatic N) is 1. The van der Waals surface area contributed by atoms with Crippen molar-refractivity contribution in [1.82, 2.24) is 4.98 Å². The van der Waals surface area contributed by atoms with E-state index in [0.717, 1.165) is 35.3 Å². The number of amides is 1. The van der Waals surface area contributed by atoms with Crippen molar-refractivity contribution >= 4 is 23.2 Å². The Balaban J connectivity index is 2.26. The standard InChI is InChI=1S/C17H19ClN2O/c1-4-6-14-9-13(10-16(18)19-14)17(21)20-15-8-5-7-11(2)12(15)3/h5,7-10H,4,6H2,1-3H3,(H,20,21). The molecule has 1 amide bonds. The van der Waals surface area contributed by atoms with Gasteiger partial charge in [0.15, 0.2) is 0 Å². The molecule has 1 heterocycles. The Hall–Kier alpha value is -1.87. The molecule has 21 heavy (non-hydrogen) atoms. The molecule has 3 nitrogen and oxygen atoms in total. The average molecular weight is 303 g/mol. The number of carbonyl (C=O) groups is 1. The molecule has 0 fully saturated rings. The van der Waals surface area contributed by atoms with E-state index in [4.69, 9.17) is 11.6 Å². The zero-order valence-corrected chi connectivity index (χ0v) is 13.3. The first-order valence-electron chi connectivity index (χ1n) is 7.05. The molecule has 1 aromatic heterocycles. The van der Waals surface area contributed by atoms with Crippen LogP contribution in [0.25, 0.3) is 0 Å². The number of pyridine rings is 1. The highest BCUT2D eigenvalue weighted by molar-refractivity contribution is 6.29. The monoisotopic (exact) mass is 302 g/mol. The van der Waals surface area contributed by atoms with Gasteiger partial charge in [0.1, 0.15) is 5.15 Å². The Morgan fingerprint density at radius 2 is 2.05 bits per heavy atom. The van der Waals surface area contributed by atoms with E-state index in [1.165, 1.54) is 0 Å². The van der Waals surface area contributed by atoms with E-state index in [-0.39, 0.29) is 5.91 Å². The lowest BCUT2D eigenvalue weighted by Crippen LogP contribution is -2.14. The van der Waals surface area contributed by atoms with Crippen LogP contribution in [0.4, 0.5) is 5.69 Å². The minimum atomic E-state index is -0.162. The molecule has 0 aliphatic rings. The maximum Gasteiger partial charge on any atom is 0.255 e. The molecule has 0 unspecified atom stereocenters. The zero-order chi connectivity index (χ0) is 15.4. The molecular formula is C17H19ClN2O. The molecule has 1 aromatic carbocycles. The third-order valence-corrected chi connectivity index (χ3v) is 3.66. The Labute approximate surface area is 130 Å². The topological polar surface area (TPSA) is 42.0 Å². The maximum absolute atomic E-state index is 12.4.